The van der Waals surface area contributed by atoms with Gasteiger partial charge in [0.25, 0.3) is 5.91 Å². The fourth-order valence-electron chi connectivity index (χ4n) is 3.03. The van der Waals surface area contributed by atoms with Crippen molar-refractivity contribution in [1.29, 1.82) is 0 Å². The molecule has 0 spiro atoms. The Morgan fingerprint density at radius 2 is 1.71 bits per heavy atom. The minimum absolute atomic E-state index is 0.0373. The van der Waals surface area contributed by atoms with Crippen LogP contribution in [0.1, 0.15) is 21.5 Å². The molecule has 31 heavy (non-hydrogen) atoms. The Morgan fingerprint density at radius 3 is 2.45 bits per heavy atom. The average Bonchev–Trinajstić information content (AvgIpc) is 2.78. The molecule has 0 saturated carbocycles. The third kappa shape index (κ3) is 6.44. The standard InChI is InChI=1S/C24H23F2NO4/c1-29-21-12-11-17(15-22(21)31-24(25)26)13-14-27-23(28)20-10-6-5-7-18(20)16-30-19-8-3-2-4-9-19/h2-12,15,24H,13-14,16H2,1H3,(H,27,28). The van der Waals surface area contributed by atoms with Gasteiger partial charge < -0.3 is 19.5 Å². The van der Waals surface area contributed by atoms with Gasteiger partial charge in [-0.05, 0) is 42.3 Å². The number of amides is 1. The van der Waals surface area contributed by atoms with Crippen molar-refractivity contribution >= 4 is 5.91 Å². The molecule has 0 aliphatic carbocycles. The Labute approximate surface area is 179 Å². The van der Waals surface area contributed by atoms with E-state index in [9.17, 15) is 13.6 Å². The number of hydrogen-bond acceptors (Lipinski definition) is 4. The zero-order valence-corrected chi connectivity index (χ0v) is 17.0. The Balaban J connectivity index is 1.59. The predicted octanol–water partition coefficient (Wildman–Crippen LogP) is 4.85. The molecular formula is C24H23F2NO4. The first-order valence-corrected chi connectivity index (χ1v) is 9.72. The molecule has 1 amide bonds. The minimum atomic E-state index is -2.95. The molecule has 0 saturated heterocycles. The van der Waals surface area contributed by atoms with E-state index in [1.54, 1.807) is 24.3 Å². The highest BCUT2D eigenvalue weighted by Gasteiger charge is 2.13. The lowest BCUT2D eigenvalue weighted by molar-refractivity contribution is -0.0512. The second kappa shape index (κ2) is 11.0. The van der Waals surface area contributed by atoms with E-state index in [2.05, 4.69) is 10.1 Å². The van der Waals surface area contributed by atoms with Crippen molar-refractivity contribution in [2.45, 2.75) is 19.6 Å². The normalized spacial score (nSPS) is 10.6. The van der Waals surface area contributed by atoms with Crippen LogP contribution in [0.15, 0.2) is 72.8 Å². The molecule has 0 unspecified atom stereocenters. The number of carbonyl (C=O) groups excluding carboxylic acids is 1. The molecule has 0 fully saturated rings. The number of methoxy groups -OCH3 is 1. The number of carbonyl (C=O) groups is 1. The molecule has 162 valence electrons. The zero-order valence-electron chi connectivity index (χ0n) is 17.0. The van der Waals surface area contributed by atoms with E-state index in [1.807, 2.05) is 42.5 Å². The summed E-state index contributed by atoms with van der Waals surface area (Å²) in [6.45, 7) is -2.36. The highest BCUT2D eigenvalue weighted by atomic mass is 19.3. The van der Waals surface area contributed by atoms with Crippen molar-refractivity contribution in [3.63, 3.8) is 0 Å². The van der Waals surface area contributed by atoms with E-state index in [0.717, 1.165) is 16.9 Å². The van der Waals surface area contributed by atoms with Crippen LogP contribution in [0.25, 0.3) is 0 Å². The van der Waals surface area contributed by atoms with Crippen LogP contribution in [0, 0.1) is 0 Å². The smallest absolute Gasteiger partial charge is 0.387 e. The number of rotatable bonds is 10. The van der Waals surface area contributed by atoms with Crippen LogP contribution in [0.2, 0.25) is 0 Å². The molecule has 0 aliphatic rings. The first-order valence-electron chi connectivity index (χ1n) is 9.72. The summed E-state index contributed by atoms with van der Waals surface area (Å²) < 4.78 is 40.4. The summed E-state index contributed by atoms with van der Waals surface area (Å²) in [5.41, 5.74) is 2.02. The summed E-state index contributed by atoms with van der Waals surface area (Å²) in [5.74, 6) is 0.675. The molecule has 0 aliphatic heterocycles. The molecule has 0 atom stereocenters. The maximum atomic E-state index is 12.7. The van der Waals surface area contributed by atoms with Crippen molar-refractivity contribution in [3.8, 4) is 17.2 Å². The molecule has 3 aromatic rings. The van der Waals surface area contributed by atoms with Crippen LogP contribution in [0.5, 0.6) is 17.2 Å². The molecule has 5 nitrogen and oxygen atoms in total. The maximum Gasteiger partial charge on any atom is 0.387 e. The topological polar surface area (TPSA) is 56.8 Å². The first-order chi connectivity index (χ1) is 15.1. The van der Waals surface area contributed by atoms with Crippen molar-refractivity contribution in [1.82, 2.24) is 5.32 Å². The molecule has 3 rings (SSSR count). The summed E-state index contributed by atoms with van der Waals surface area (Å²) >= 11 is 0. The summed E-state index contributed by atoms with van der Waals surface area (Å²) in [7, 11) is 1.38. The van der Waals surface area contributed by atoms with E-state index >= 15 is 0 Å². The van der Waals surface area contributed by atoms with Gasteiger partial charge >= 0.3 is 6.61 Å². The second-order valence-corrected chi connectivity index (χ2v) is 6.63. The Hall–Kier alpha value is -3.61. The van der Waals surface area contributed by atoms with Crippen LogP contribution < -0.4 is 19.5 Å². The summed E-state index contributed by atoms with van der Waals surface area (Å²) in [6.07, 6.45) is 0.442. The maximum absolute atomic E-state index is 12.7. The summed E-state index contributed by atoms with van der Waals surface area (Å²) in [4.78, 5) is 12.7. The monoisotopic (exact) mass is 427 g/mol. The van der Waals surface area contributed by atoms with Gasteiger partial charge in [0.1, 0.15) is 12.4 Å². The molecule has 0 radical (unpaired) electrons. The number of nitrogens with one attached hydrogen (secondary N) is 1. The van der Waals surface area contributed by atoms with Crippen molar-refractivity contribution in [2.75, 3.05) is 13.7 Å². The van der Waals surface area contributed by atoms with Gasteiger partial charge in [-0.15, -0.1) is 0 Å². The molecule has 0 bridgehead atoms. The Morgan fingerprint density at radius 1 is 0.968 bits per heavy atom. The van der Waals surface area contributed by atoms with Crippen molar-refractivity contribution < 1.29 is 27.8 Å². The lowest BCUT2D eigenvalue weighted by Gasteiger charge is -2.13. The van der Waals surface area contributed by atoms with Crippen molar-refractivity contribution in [2.24, 2.45) is 0 Å². The van der Waals surface area contributed by atoms with Gasteiger partial charge in [-0.2, -0.15) is 8.78 Å². The molecule has 1 N–H and O–H groups in total. The van der Waals surface area contributed by atoms with Crippen LogP contribution in [-0.2, 0) is 13.0 Å². The Kier molecular flexibility index (Phi) is 7.81. The minimum Gasteiger partial charge on any atom is -0.493 e. The number of para-hydroxylation sites is 1. The largest absolute Gasteiger partial charge is 0.493 e. The number of halogens is 2. The van der Waals surface area contributed by atoms with Crippen LogP contribution in [-0.4, -0.2) is 26.2 Å². The van der Waals surface area contributed by atoms with E-state index in [1.165, 1.54) is 13.2 Å². The van der Waals surface area contributed by atoms with Gasteiger partial charge in [-0.25, -0.2) is 0 Å². The van der Waals surface area contributed by atoms with Crippen LogP contribution in [0.4, 0.5) is 8.78 Å². The van der Waals surface area contributed by atoms with Gasteiger partial charge in [0.05, 0.1) is 7.11 Å². The van der Waals surface area contributed by atoms with Crippen LogP contribution in [0.3, 0.4) is 0 Å². The summed E-state index contributed by atoms with van der Waals surface area (Å²) in [5, 5.41) is 2.86. The first kappa shape index (κ1) is 22.1. The fraction of sp³-hybridized carbons (Fsp3) is 0.208. The van der Waals surface area contributed by atoms with Gasteiger partial charge in [0.15, 0.2) is 11.5 Å². The predicted molar refractivity (Wildman–Crippen MR) is 113 cm³/mol. The lowest BCUT2D eigenvalue weighted by Crippen LogP contribution is -2.27. The SMILES string of the molecule is COc1ccc(CCNC(=O)c2ccccc2COc2ccccc2)cc1OC(F)F. The van der Waals surface area contributed by atoms with Gasteiger partial charge in [0.2, 0.25) is 0 Å². The third-order valence-electron chi connectivity index (χ3n) is 4.54. The number of benzene rings is 3. The van der Waals surface area contributed by atoms with E-state index in [4.69, 9.17) is 9.47 Å². The number of alkyl halides is 2. The molecule has 0 heterocycles. The molecule has 0 aromatic heterocycles. The fourth-order valence-corrected chi connectivity index (χ4v) is 3.03. The highest BCUT2D eigenvalue weighted by Crippen LogP contribution is 2.29. The highest BCUT2D eigenvalue weighted by molar-refractivity contribution is 5.95. The quantitative estimate of drug-likeness (QED) is 0.503. The second-order valence-electron chi connectivity index (χ2n) is 6.63. The van der Waals surface area contributed by atoms with E-state index in [0.29, 0.717) is 18.5 Å². The molecule has 3 aromatic carbocycles. The van der Waals surface area contributed by atoms with E-state index < -0.39 is 6.61 Å². The third-order valence-corrected chi connectivity index (χ3v) is 4.54. The van der Waals surface area contributed by atoms with Gasteiger partial charge in [-0.1, -0.05) is 42.5 Å². The van der Waals surface area contributed by atoms with Crippen molar-refractivity contribution in [3.05, 3.63) is 89.5 Å². The van der Waals surface area contributed by atoms with E-state index in [-0.39, 0.29) is 24.0 Å². The van der Waals surface area contributed by atoms with Crippen LogP contribution >= 0.6 is 0 Å². The zero-order chi connectivity index (χ0) is 22.1. The van der Waals surface area contributed by atoms with Gasteiger partial charge in [0, 0.05) is 17.7 Å². The van der Waals surface area contributed by atoms with Gasteiger partial charge in [-0.3, -0.25) is 4.79 Å². The lowest BCUT2D eigenvalue weighted by atomic mass is 10.1. The number of ether oxygens (including phenoxy) is 3. The molecule has 7 heteroatoms. The number of hydrogen-bond donors (Lipinski definition) is 1. The Bertz CT molecular complexity index is 996. The summed E-state index contributed by atoms with van der Waals surface area (Å²) in [6, 6.07) is 21.4. The molecular weight excluding hydrogens is 404 g/mol. The average molecular weight is 427 g/mol.